The molecule has 0 spiro atoms. The number of hydrogen-bond donors (Lipinski definition) is 2. The maximum atomic E-state index is 12.2. The zero-order valence-electron chi connectivity index (χ0n) is 11.1. The predicted octanol–water partition coefficient (Wildman–Crippen LogP) is 1.89. The van der Waals surface area contributed by atoms with Crippen LogP contribution in [-0.2, 0) is 16.6 Å². The fourth-order valence-electron chi connectivity index (χ4n) is 1.67. The molecule has 0 amide bonds. The molecule has 7 heteroatoms. The average Bonchev–Trinajstić information content (AvgIpc) is 2.37. The van der Waals surface area contributed by atoms with Crippen molar-refractivity contribution in [1.29, 1.82) is 0 Å². The van der Waals surface area contributed by atoms with Crippen molar-refractivity contribution < 1.29 is 13.2 Å². The minimum Gasteiger partial charge on any atom is -0.495 e. The molecule has 0 aromatic heterocycles. The molecule has 0 aliphatic heterocycles. The lowest BCUT2D eigenvalue weighted by Crippen LogP contribution is -2.25. The van der Waals surface area contributed by atoms with Gasteiger partial charge in [0, 0.05) is 23.7 Å². The molecule has 0 bridgehead atoms. The highest BCUT2D eigenvalue weighted by Gasteiger charge is 2.22. The minimum absolute atomic E-state index is 0.0269. The molecule has 0 radical (unpaired) electrons. The summed E-state index contributed by atoms with van der Waals surface area (Å²) < 4.78 is 32.1. The molecular formula is C12H19ClN2O3S. The first-order valence-corrected chi connectivity index (χ1v) is 7.88. The number of ether oxygens (including phenoxy) is 1. The Hall–Kier alpha value is -0.820. The molecule has 108 valence electrons. The van der Waals surface area contributed by atoms with Crippen molar-refractivity contribution in [1.82, 2.24) is 4.72 Å². The van der Waals surface area contributed by atoms with E-state index in [2.05, 4.69) is 4.72 Å². The zero-order chi connectivity index (χ0) is 14.5. The molecule has 3 N–H and O–H groups in total. The summed E-state index contributed by atoms with van der Waals surface area (Å²) in [5.41, 5.74) is 6.14. The van der Waals surface area contributed by atoms with Crippen LogP contribution in [0.25, 0.3) is 0 Å². The van der Waals surface area contributed by atoms with E-state index in [4.69, 9.17) is 22.1 Å². The van der Waals surface area contributed by atoms with Crippen molar-refractivity contribution in [2.45, 2.75) is 31.2 Å². The number of hydrogen-bond acceptors (Lipinski definition) is 4. The van der Waals surface area contributed by atoms with Gasteiger partial charge in [-0.2, -0.15) is 0 Å². The monoisotopic (exact) mass is 306 g/mol. The first-order valence-electron chi connectivity index (χ1n) is 6.02. The maximum absolute atomic E-state index is 12.2. The molecule has 1 aromatic rings. The lowest BCUT2D eigenvalue weighted by atomic mass is 10.2. The van der Waals surface area contributed by atoms with E-state index in [0.717, 1.165) is 12.8 Å². The smallest absolute Gasteiger partial charge is 0.244 e. The molecule has 0 unspecified atom stereocenters. The summed E-state index contributed by atoms with van der Waals surface area (Å²) in [5, 5.41) is 0.317. The molecule has 0 aliphatic carbocycles. The Morgan fingerprint density at radius 1 is 1.42 bits per heavy atom. The topological polar surface area (TPSA) is 81.4 Å². The average molecular weight is 307 g/mol. The lowest BCUT2D eigenvalue weighted by Gasteiger charge is -2.14. The fourth-order valence-corrected chi connectivity index (χ4v) is 3.28. The van der Waals surface area contributed by atoms with Gasteiger partial charge in [0.2, 0.25) is 10.0 Å². The molecule has 5 nitrogen and oxygen atoms in total. The first-order chi connectivity index (χ1) is 8.96. The van der Waals surface area contributed by atoms with E-state index < -0.39 is 10.0 Å². The number of halogens is 1. The Kier molecular flexibility index (Phi) is 6.06. The van der Waals surface area contributed by atoms with Crippen LogP contribution in [0.1, 0.15) is 25.3 Å². The molecule has 0 aliphatic rings. The van der Waals surface area contributed by atoms with Gasteiger partial charge in [0.1, 0.15) is 10.6 Å². The van der Waals surface area contributed by atoms with Gasteiger partial charge in [-0.3, -0.25) is 0 Å². The second-order valence-electron chi connectivity index (χ2n) is 4.05. The van der Waals surface area contributed by atoms with Gasteiger partial charge in [0.15, 0.2) is 0 Å². The van der Waals surface area contributed by atoms with Crippen LogP contribution in [0.3, 0.4) is 0 Å². The van der Waals surface area contributed by atoms with Crippen LogP contribution in [0.2, 0.25) is 5.02 Å². The third-order valence-electron chi connectivity index (χ3n) is 2.63. The molecule has 0 heterocycles. The van der Waals surface area contributed by atoms with E-state index in [-0.39, 0.29) is 17.2 Å². The minimum atomic E-state index is -3.65. The zero-order valence-corrected chi connectivity index (χ0v) is 12.6. The van der Waals surface area contributed by atoms with Crippen LogP contribution >= 0.6 is 11.6 Å². The van der Waals surface area contributed by atoms with E-state index in [1.54, 1.807) is 6.07 Å². The molecule has 0 saturated carbocycles. The van der Waals surface area contributed by atoms with Gasteiger partial charge in [-0.05, 0) is 18.6 Å². The second-order valence-corrected chi connectivity index (χ2v) is 6.22. The van der Waals surface area contributed by atoms with Gasteiger partial charge in [-0.1, -0.05) is 24.9 Å². The summed E-state index contributed by atoms with van der Waals surface area (Å²) in [4.78, 5) is 0.0269. The van der Waals surface area contributed by atoms with E-state index in [1.807, 2.05) is 6.92 Å². The standard InChI is InChI=1S/C12H19ClN2O3S/c1-3-4-5-15-19(16,17)11-7-10(13)6-9(8-14)12(11)18-2/h6-7,15H,3-5,8,14H2,1-2H3. The quantitative estimate of drug-likeness (QED) is 0.754. The van der Waals surface area contributed by atoms with Gasteiger partial charge in [0.05, 0.1) is 7.11 Å². The van der Waals surface area contributed by atoms with Crippen molar-refractivity contribution >= 4 is 21.6 Å². The van der Waals surface area contributed by atoms with Crippen molar-refractivity contribution in [3.05, 3.63) is 22.7 Å². The van der Waals surface area contributed by atoms with Crippen LogP contribution in [0, 0.1) is 0 Å². The highest BCUT2D eigenvalue weighted by atomic mass is 35.5. The SMILES string of the molecule is CCCCNS(=O)(=O)c1cc(Cl)cc(CN)c1OC. The molecular weight excluding hydrogens is 288 g/mol. The number of benzene rings is 1. The Bertz CT molecular complexity index is 532. The van der Waals surface area contributed by atoms with Crippen LogP contribution in [0.15, 0.2) is 17.0 Å². The molecule has 0 fully saturated rings. The van der Waals surface area contributed by atoms with Gasteiger partial charge >= 0.3 is 0 Å². The van der Waals surface area contributed by atoms with Crippen molar-refractivity contribution in [2.24, 2.45) is 5.73 Å². The number of sulfonamides is 1. The van der Waals surface area contributed by atoms with Gasteiger partial charge in [-0.25, -0.2) is 13.1 Å². The van der Waals surface area contributed by atoms with E-state index >= 15 is 0 Å². The summed E-state index contributed by atoms with van der Waals surface area (Å²) in [6, 6.07) is 2.97. The van der Waals surface area contributed by atoms with Gasteiger partial charge in [0.25, 0.3) is 0 Å². The Morgan fingerprint density at radius 2 is 2.11 bits per heavy atom. The summed E-state index contributed by atoms with van der Waals surface area (Å²) in [7, 11) is -2.24. The lowest BCUT2D eigenvalue weighted by molar-refractivity contribution is 0.397. The number of unbranched alkanes of at least 4 members (excludes halogenated alkanes) is 1. The molecule has 1 rings (SSSR count). The van der Waals surface area contributed by atoms with Crippen LogP contribution in [-0.4, -0.2) is 22.1 Å². The van der Waals surface area contributed by atoms with Gasteiger partial charge < -0.3 is 10.5 Å². The maximum Gasteiger partial charge on any atom is 0.244 e. The van der Waals surface area contributed by atoms with Crippen molar-refractivity contribution in [3.63, 3.8) is 0 Å². The Balaban J connectivity index is 3.21. The highest BCUT2D eigenvalue weighted by Crippen LogP contribution is 2.31. The second kappa shape index (κ2) is 7.09. The number of nitrogens with one attached hydrogen (secondary N) is 1. The molecule has 0 atom stereocenters. The third-order valence-corrected chi connectivity index (χ3v) is 4.32. The number of rotatable bonds is 7. The Morgan fingerprint density at radius 3 is 2.63 bits per heavy atom. The third kappa shape index (κ3) is 4.07. The van der Waals surface area contributed by atoms with Gasteiger partial charge in [-0.15, -0.1) is 0 Å². The van der Waals surface area contributed by atoms with E-state index in [0.29, 0.717) is 17.1 Å². The van der Waals surface area contributed by atoms with E-state index in [9.17, 15) is 8.42 Å². The largest absolute Gasteiger partial charge is 0.495 e. The molecule has 0 saturated heterocycles. The number of nitrogens with two attached hydrogens (primary N) is 1. The van der Waals surface area contributed by atoms with Crippen molar-refractivity contribution in [3.8, 4) is 5.75 Å². The highest BCUT2D eigenvalue weighted by molar-refractivity contribution is 7.89. The summed E-state index contributed by atoms with van der Waals surface area (Å²) in [6.07, 6.45) is 1.68. The molecule has 1 aromatic carbocycles. The summed E-state index contributed by atoms with van der Waals surface area (Å²) >= 11 is 5.92. The van der Waals surface area contributed by atoms with Crippen LogP contribution in [0.4, 0.5) is 0 Å². The summed E-state index contributed by atoms with van der Waals surface area (Å²) in [5.74, 6) is 0.246. The molecule has 19 heavy (non-hydrogen) atoms. The number of methoxy groups -OCH3 is 1. The van der Waals surface area contributed by atoms with Crippen molar-refractivity contribution in [2.75, 3.05) is 13.7 Å². The first kappa shape index (κ1) is 16.2. The van der Waals surface area contributed by atoms with E-state index in [1.165, 1.54) is 13.2 Å². The predicted molar refractivity (Wildman–Crippen MR) is 76.0 cm³/mol. The van der Waals surface area contributed by atoms with Crippen LogP contribution in [0.5, 0.6) is 5.75 Å². The summed E-state index contributed by atoms with van der Waals surface area (Å²) in [6.45, 7) is 2.52. The van der Waals surface area contributed by atoms with Crippen LogP contribution < -0.4 is 15.2 Å². The Labute approximate surface area is 119 Å². The normalized spacial score (nSPS) is 11.6. The fraction of sp³-hybridized carbons (Fsp3) is 0.500.